The van der Waals surface area contributed by atoms with Gasteiger partial charge >= 0.3 is 5.97 Å². The first-order valence-corrected chi connectivity index (χ1v) is 5.55. The number of methoxy groups -OCH3 is 1. The van der Waals surface area contributed by atoms with E-state index in [1.165, 1.54) is 18.2 Å². The molecule has 0 radical (unpaired) electrons. The molecule has 0 unspecified atom stereocenters. The Morgan fingerprint density at radius 3 is 3.00 bits per heavy atom. The molecule has 15 heavy (non-hydrogen) atoms. The third-order valence-corrected chi connectivity index (χ3v) is 3.34. The molecule has 0 saturated carbocycles. The molecule has 78 valence electrons. The molecule has 1 aromatic rings. The molecule has 2 nitrogen and oxygen atoms in total. The first-order valence-electron chi connectivity index (χ1n) is 4.76. The molecule has 1 aliphatic carbocycles. The second-order valence-electron chi connectivity index (χ2n) is 3.48. The van der Waals surface area contributed by atoms with E-state index in [0.717, 1.165) is 16.5 Å². The number of hydrogen-bond donors (Lipinski definition) is 0. The molecule has 0 spiro atoms. The number of carbonyl (C=O) groups excluding carboxylic acids is 1. The maximum absolute atomic E-state index is 11.4. The summed E-state index contributed by atoms with van der Waals surface area (Å²) in [5, 5.41) is 0. The van der Waals surface area contributed by atoms with Crippen LogP contribution in [0.1, 0.15) is 11.1 Å². The third kappa shape index (κ3) is 1.97. The van der Waals surface area contributed by atoms with E-state index < -0.39 is 0 Å². The number of carbonyl (C=O) groups is 1. The van der Waals surface area contributed by atoms with Gasteiger partial charge in [-0.25, -0.2) is 4.79 Å². The normalized spacial score (nSPS) is 14.1. The lowest BCUT2D eigenvalue weighted by molar-refractivity contribution is -0.136. The fraction of sp³-hybridized carbons (Fsp3) is 0.250. The highest BCUT2D eigenvalue weighted by Gasteiger charge is 2.17. The Balaban J connectivity index is 2.31. The van der Waals surface area contributed by atoms with Gasteiger partial charge in [0, 0.05) is 16.5 Å². The predicted octanol–water partition coefficient (Wildman–Crippen LogP) is 2.65. The molecule has 0 N–H and O–H groups in total. The Bertz CT molecular complexity index is 435. The number of hydrogen-bond acceptors (Lipinski definition) is 2. The van der Waals surface area contributed by atoms with Crippen molar-refractivity contribution in [1.82, 2.24) is 0 Å². The van der Waals surface area contributed by atoms with Gasteiger partial charge in [0.15, 0.2) is 0 Å². The molecule has 0 aromatic heterocycles. The van der Waals surface area contributed by atoms with Gasteiger partial charge in [-0.3, -0.25) is 0 Å². The summed E-state index contributed by atoms with van der Waals surface area (Å²) in [7, 11) is 1.42. The fourth-order valence-electron chi connectivity index (χ4n) is 1.79. The number of ether oxygens (including phenoxy) is 1. The van der Waals surface area contributed by atoms with Crippen LogP contribution in [0, 0.1) is 0 Å². The second kappa shape index (κ2) is 4.19. The van der Waals surface area contributed by atoms with Crippen molar-refractivity contribution in [1.29, 1.82) is 0 Å². The van der Waals surface area contributed by atoms with Crippen LogP contribution in [-0.4, -0.2) is 13.1 Å². The number of halogens is 1. The lowest BCUT2D eigenvalue weighted by Gasteiger charge is -2.16. The molecular formula is C12H11BrO2. The Morgan fingerprint density at radius 2 is 2.27 bits per heavy atom. The molecule has 0 atom stereocenters. The zero-order chi connectivity index (χ0) is 10.8. The van der Waals surface area contributed by atoms with E-state index in [1.54, 1.807) is 0 Å². The van der Waals surface area contributed by atoms with Crippen molar-refractivity contribution >= 4 is 21.9 Å². The standard InChI is InChI=1S/C12H11BrO2/c1-15-12(14)9-5-6-10-8(7-9)3-2-4-11(10)13/h2-5H,6-7H2,1H3. The minimum Gasteiger partial charge on any atom is -0.466 e. The minimum atomic E-state index is -0.222. The molecule has 0 bridgehead atoms. The lowest BCUT2D eigenvalue weighted by Crippen LogP contribution is -2.12. The summed E-state index contributed by atoms with van der Waals surface area (Å²) in [6.45, 7) is 0. The summed E-state index contributed by atoms with van der Waals surface area (Å²) in [5.74, 6) is -0.222. The number of fused-ring (bicyclic) bond motifs is 1. The van der Waals surface area contributed by atoms with Gasteiger partial charge in [-0.05, 0) is 23.6 Å². The predicted molar refractivity (Wildman–Crippen MR) is 61.6 cm³/mol. The SMILES string of the molecule is COC(=O)C1=CCc2c(Br)cccc2C1. The van der Waals surface area contributed by atoms with Gasteiger partial charge in [0.2, 0.25) is 0 Å². The summed E-state index contributed by atoms with van der Waals surface area (Å²) in [6, 6.07) is 6.06. The summed E-state index contributed by atoms with van der Waals surface area (Å²) in [5.41, 5.74) is 3.22. The van der Waals surface area contributed by atoms with Gasteiger partial charge in [-0.1, -0.05) is 34.1 Å². The maximum atomic E-state index is 11.4. The van der Waals surface area contributed by atoms with Crippen molar-refractivity contribution in [3.8, 4) is 0 Å². The highest BCUT2D eigenvalue weighted by atomic mass is 79.9. The molecule has 1 aromatic carbocycles. The summed E-state index contributed by atoms with van der Waals surface area (Å²) < 4.78 is 5.83. The molecule has 0 saturated heterocycles. The van der Waals surface area contributed by atoms with E-state index in [1.807, 2.05) is 18.2 Å². The Kier molecular flexibility index (Phi) is 2.91. The minimum absolute atomic E-state index is 0.222. The van der Waals surface area contributed by atoms with Crippen molar-refractivity contribution in [3.05, 3.63) is 45.4 Å². The largest absolute Gasteiger partial charge is 0.466 e. The van der Waals surface area contributed by atoms with E-state index in [4.69, 9.17) is 4.74 Å². The van der Waals surface area contributed by atoms with Crippen molar-refractivity contribution < 1.29 is 9.53 Å². The fourth-order valence-corrected chi connectivity index (χ4v) is 2.36. The van der Waals surface area contributed by atoms with Crippen LogP contribution >= 0.6 is 15.9 Å². The van der Waals surface area contributed by atoms with Crippen LogP contribution in [0.25, 0.3) is 0 Å². The summed E-state index contributed by atoms with van der Waals surface area (Å²) in [6.07, 6.45) is 3.40. The van der Waals surface area contributed by atoms with Gasteiger partial charge in [0.25, 0.3) is 0 Å². The van der Waals surface area contributed by atoms with E-state index >= 15 is 0 Å². The molecular weight excluding hydrogens is 256 g/mol. The highest BCUT2D eigenvalue weighted by Crippen LogP contribution is 2.27. The average molecular weight is 267 g/mol. The van der Waals surface area contributed by atoms with Gasteiger partial charge in [0.05, 0.1) is 7.11 Å². The second-order valence-corrected chi connectivity index (χ2v) is 4.33. The number of esters is 1. The topological polar surface area (TPSA) is 26.3 Å². The van der Waals surface area contributed by atoms with Crippen molar-refractivity contribution in [3.63, 3.8) is 0 Å². The van der Waals surface area contributed by atoms with Gasteiger partial charge in [-0.2, -0.15) is 0 Å². The number of rotatable bonds is 1. The molecule has 0 aliphatic heterocycles. The summed E-state index contributed by atoms with van der Waals surface area (Å²) >= 11 is 3.51. The Labute approximate surface area is 97.1 Å². The Hall–Kier alpha value is -1.09. The lowest BCUT2D eigenvalue weighted by atomic mass is 9.92. The van der Waals surface area contributed by atoms with Crippen LogP contribution in [0.5, 0.6) is 0 Å². The molecule has 0 amide bonds. The quantitative estimate of drug-likeness (QED) is 0.731. The zero-order valence-corrected chi connectivity index (χ0v) is 10.0. The van der Waals surface area contributed by atoms with Crippen LogP contribution < -0.4 is 0 Å². The van der Waals surface area contributed by atoms with Crippen molar-refractivity contribution in [2.75, 3.05) is 7.11 Å². The third-order valence-electron chi connectivity index (χ3n) is 2.60. The van der Waals surface area contributed by atoms with Gasteiger partial charge < -0.3 is 4.74 Å². The zero-order valence-electron chi connectivity index (χ0n) is 8.42. The van der Waals surface area contributed by atoms with Gasteiger partial charge in [0.1, 0.15) is 0 Å². The van der Waals surface area contributed by atoms with Gasteiger partial charge in [-0.15, -0.1) is 0 Å². The molecule has 0 fully saturated rings. The highest BCUT2D eigenvalue weighted by molar-refractivity contribution is 9.10. The molecule has 3 heteroatoms. The maximum Gasteiger partial charge on any atom is 0.333 e. The van der Waals surface area contributed by atoms with Crippen LogP contribution in [0.4, 0.5) is 0 Å². The molecule has 1 aliphatic rings. The molecule has 0 heterocycles. The first kappa shape index (κ1) is 10.4. The Morgan fingerprint density at radius 1 is 1.47 bits per heavy atom. The average Bonchev–Trinajstić information content (AvgIpc) is 2.28. The molecule has 2 rings (SSSR count). The summed E-state index contributed by atoms with van der Waals surface area (Å²) in [4.78, 5) is 11.4. The van der Waals surface area contributed by atoms with Crippen LogP contribution in [0.3, 0.4) is 0 Å². The number of allylic oxidation sites excluding steroid dienone is 1. The monoisotopic (exact) mass is 266 g/mol. The van der Waals surface area contributed by atoms with E-state index in [2.05, 4.69) is 22.0 Å². The van der Waals surface area contributed by atoms with Crippen LogP contribution in [0.2, 0.25) is 0 Å². The smallest absolute Gasteiger partial charge is 0.333 e. The van der Waals surface area contributed by atoms with E-state index in [0.29, 0.717) is 6.42 Å². The van der Waals surface area contributed by atoms with Crippen molar-refractivity contribution in [2.24, 2.45) is 0 Å². The first-order chi connectivity index (χ1) is 7.22. The van der Waals surface area contributed by atoms with Crippen LogP contribution in [0.15, 0.2) is 34.3 Å². The number of benzene rings is 1. The van der Waals surface area contributed by atoms with E-state index in [-0.39, 0.29) is 5.97 Å². The van der Waals surface area contributed by atoms with Crippen LogP contribution in [-0.2, 0) is 22.4 Å². The van der Waals surface area contributed by atoms with E-state index in [9.17, 15) is 4.79 Å². The van der Waals surface area contributed by atoms with Crippen molar-refractivity contribution in [2.45, 2.75) is 12.8 Å².